The fraction of sp³-hybridized carbons (Fsp3) is 0.357. The van der Waals surface area contributed by atoms with E-state index in [9.17, 15) is 4.79 Å². The van der Waals surface area contributed by atoms with Crippen LogP contribution in [0, 0.1) is 0 Å². The Bertz CT molecular complexity index is 384. The van der Waals surface area contributed by atoms with Crippen molar-refractivity contribution in [2.24, 2.45) is 0 Å². The summed E-state index contributed by atoms with van der Waals surface area (Å²) in [5.74, 6) is -0.0940. The highest BCUT2D eigenvalue weighted by Crippen LogP contribution is 2.24. The lowest BCUT2D eigenvalue weighted by Crippen LogP contribution is -2.23. The minimum absolute atomic E-state index is 0.0940. The summed E-state index contributed by atoms with van der Waals surface area (Å²) in [6.07, 6.45) is 1.32. The largest absolute Gasteiger partial charge is 0.312 e. The van der Waals surface area contributed by atoms with Crippen molar-refractivity contribution in [2.75, 3.05) is 11.9 Å². The molecule has 0 aliphatic rings. The minimum atomic E-state index is -0.0940. The molecule has 0 aliphatic carbocycles. The lowest BCUT2D eigenvalue weighted by molar-refractivity contribution is -0.113. The van der Waals surface area contributed by atoms with E-state index < -0.39 is 0 Å². The fourth-order valence-electron chi connectivity index (χ4n) is 1.45. The van der Waals surface area contributed by atoms with Gasteiger partial charge in [-0.15, -0.1) is 0 Å². The molecule has 1 rings (SSSR count). The van der Waals surface area contributed by atoms with Gasteiger partial charge in [-0.25, -0.2) is 0 Å². The molecule has 0 saturated carbocycles. The number of nitrogens with zero attached hydrogens (tertiary/aromatic N) is 1. The quantitative estimate of drug-likeness (QED) is 0.697. The average molecular weight is 217 g/mol. The van der Waals surface area contributed by atoms with Gasteiger partial charge >= 0.3 is 0 Å². The Morgan fingerprint density at radius 1 is 1.25 bits per heavy atom. The van der Waals surface area contributed by atoms with Crippen molar-refractivity contribution in [1.29, 1.82) is 0 Å². The van der Waals surface area contributed by atoms with E-state index in [0.717, 1.165) is 5.69 Å². The molecule has 0 fully saturated rings. The molecule has 0 N–H and O–H groups in total. The zero-order chi connectivity index (χ0) is 12.3. The Balaban J connectivity index is 2.95. The first kappa shape index (κ1) is 12.5. The van der Waals surface area contributed by atoms with Gasteiger partial charge in [-0.05, 0) is 29.2 Å². The Labute approximate surface area is 97.6 Å². The molecule has 0 aromatic heterocycles. The van der Waals surface area contributed by atoms with E-state index in [-0.39, 0.29) is 11.3 Å². The van der Waals surface area contributed by atoms with Crippen LogP contribution in [0.4, 0.5) is 5.69 Å². The summed E-state index contributed by atoms with van der Waals surface area (Å²) in [4.78, 5) is 13.0. The van der Waals surface area contributed by atoms with E-state index in [1.54, 1.807) is 11.9 Å². The van der Waals surface area contributed by atoms with Gasteiger partial charge in [0.05, 0.1) is 0 Å². The maximum absolute atomic E-state index is 11.4. The summed E-state index contributed by atoms with van der Waals surface area (Å²) < 4.78 is 0. The third-order valence-corrected chi connectivity index (χ3v) is 2.63. The molecule has 0 saturated heterocycles. The molecule has 2 heteroatoms. The van der Waals surface area contributed by atoms with Crippen LogP contribution in [0.25, 0.3) is 0 Å². The molecule has 86 valence electrons. The normalized spacial score (nSPS) is 11.0. The second kappa shape index (κ2) is 4.52. The molecule has 16 heavy (non-hydrogen) atoms. The van der Waals surface area contributed by atoms with Gasteiger partial charge in [0.2, 0.25) is 5.91 Å². The molecular formula is C14H19NO. The van der Waals surface area contributed by atoms with Crippen molar-refractivity contribution in [1.82, 2.24) is 0 Å². The molecule has 0 unspecified atom stereocenters. The van der Waals surface area contributed by atoms with Crippen molar-refractivity contribution >= 4 is 11.6 Å². The monoisotopic (exact) mass is 217 g/mol. The van der Waals surface area contributed by atoms with Gasteiger partial charge in [-0.1, -0.05) is 39.5 Å². The Morgan fingerprint density at radius 3 is 2.12 bits per heavy atom. The molecule has 2 nitrogen and oxygen atoms in total. The summed E-state index contributed by atoms with van der Waals surface area (Å²) in [7, 11) is 1.75. The zero-order valence-corrected chi connectivity index (χ0v) is 10.4. The lowest BCUT2D eigenvalue weighted by Gasteiger charge is -2.21. The van der Waals surface area contributed by atoms with Crippen LogP contribution in [-0.2, 0) is 10.2 Å². The minimum Gasteiger partial charge on any atom is -0.312 e. The van der Waals surface area contributed by atoms with Crippen LogP contribution < -0.4 is 4.90 Å². The van der Waals surface area contributed by atoms with Crippen LogP contribution in [-0.4, -0.2) is 13.0 Å². The predicted octanol–water partition coefficient (Wildman–Crippen LogP) is 3.13. The number of likely N-dealkylation sites (N-methyl/N-ethyl adjacent to an activating group) is 1. The van der Waals surface area contributed by atoms with E-state index in [0.29, 0.717) is 0 Å². The van der Waals surface area contributed by atoms with Gasteiger partial charge in [-0.2, -0.15) is 0 Å². The van der Waals surface area contributed by atoms with E-state index >= 15 is 0 Å². The van der Waals surface area contributed by atoms with Crippen LogP contribution in [0.15, 0.2) is 36.9 Å². The second-order valence-electron chi connectivity index (χ2n) is 4.90. The summed E-state index contributed by atoms with van der Waals surface area (Å²) in [5.41, 5.74) is 2.29. The molecule has 0 bridgehead atoms. The number of rotatable bonds is 2. The first-order valence-electron chi connectivity index (χ1n) is 5.37. The maximum Gasteiger partial charge on any atom is 0.250 e. The van der Waals surface area contributed by atoms with Gasteiger partial charge in [0.1, 0.15) is 0 Å². The molecular weight excluding hydrogens is 198 g/mol. The van der Waals surface area contributed by atoms with Gasteiger partial charge in [0, 0.05) is 12.7 Å². The van der Waals surface area contributed by atoms with Gasteiger partial charge in [0.25, 0.3) is 0 Å². The summed E-state index contributed by atoms with van der Waals surface area (Å²) in [5, 5.41) is 0. The number of amides is 1. The third-order valence-electron chi connectivity index (χ3n) is 2.63. The molecule has 0 spiro atoms. The summed E-state index contributed by atoms with van der Waals surface area (Å²) >= 11 is 0. The summed E-state index contributed by atoms with van der Waals surface area (Å²) in [6.45, 7) is 9.97. The highest BCUT2D eigenvalue weighted by Gasteiger charge is 2.14. The van der Waals surface area contributed by atoms with Gasteiger partial charge in [-0.3, -0.25) is 4.79 Å². The standard InChI is InChI=1S/C14H19NO/c1-6-13(16)15(5)12-9-7-11(8-10-12)14(2,3)4/h6-10H,1H2,2-5H3. The van der Waals surface area contributed by atoms with Crippen molar-refractivity contribution in [3.63, 3.8) is 0 Å². The first-order valence-corrected chi connectivity index (χ1v) is 5.37. The average Bonchev–Trinajstić information content (AvgIpc) is 2.26. The Morgan fingerprint density at radius 2 is 1.75 bits per heavy atom. The van der Waals surface area contributed by atoms with Crippen LogP contribution in [0.3, 0.4) is 0 Å². The van der Waals surface area contributed by atoms with Crippen LogP contribution in [0.5, 0.6) is 0 Å². The number of hydrogen-bond acceptors (Lipinski definition) is 1. The Hall–Kier alpha value is -1.57. The molecule has 1 amide bonds. The van der Waals surface area contributed by atoms with Crippen molar-refractivity contribution in [3.8, 4) is 0 Å². The van der Waals surface area contributed by atoms with Crippen LogP contribution >= 0.6 is 0 Å². The van der Waals surface area contributed by atoms with E-state index in [4.69, 9.17) is 0 Å². The Kier molecular flexibility index (Phi) is 3.53. The predicted molar refractivity (Wildman–Crippen MR) is 68.7 cm³/mol. The van der Waals surface area contributed by atoms with E-state index in [1.807, 2.05) is 12.1 Å². The second-order valence-corrected chi connectivity index (χ2v) is 4.90. The van der Waals surface area contributed by atoms with Crippen molar-refractivity contribution in [3.05, 3.63) is 42.5 Å². The zero-order valence-electron chi connectivity index (χ0n) is 10.4. The SMILES string of the molecule is C=CC(=O)N(C)c1ccc(C(C)(C)C)cc1. The summed E-state index contributed by atoms with van der Waals surface area (Å²) in [6, 6.07) is 8.04. The third kappa shape index (κ3) is 2.72. The molecule has 0 atom stereocenters. The highest BCUT2D eigenvalue weighted by atomic mass is 16.2. The van der Waals surface area contributed by atoms with Crippen molar-refractivity contribution in [2.45, 2.75) is 26.2 Å². The van der Waals surface area contributed by atoms with Gasteiger partial charge in [0.15, 0.2) is 0 Å². The highest BCUT2D eigenvalue weighted by molar-refractivity contribution is 6.00. The van der Waals surface area contributed by atoms with Gasteiger partial charge < -0.3 is 4.90 Å². The number of hydrogen-bond donors (Lipinski definition) is 0. The lowest BCUT2D eigenvalue weighted by atomic mass is 9.87. The van der Waals surface area contributed by atoms with Crippen molar-refractivity contribution < 1.29 is 4.79 Å². The van der Waals surface area contributed by atoms with E-state index in [2.05, 4.69) is 39.5 Å². The molecule has 1 aromatic carbocycles. The fourth-order valence-corrected chi connectivity index (χ4v) is 1.45. The van der Waals surface area contributed by atoms with Crippen LogP contribution in [0.1, 0.15) is 26.3 Å². The topological polar surface area (TPSA) is 20.3 Å². The molecule has 0 heterocycles. The molecule has 1 aromatic rings. The molecule has 0 radical (unpaired) electrons. The smallest absolute Gasteiger partial charge is 0.250 e. The number of benzene rings is 1. The maximum atomic E-state index is 11.4. The first-order chi connectivity index (χ1) is 7.36. The van der Waals surface area contributed by atoms with E-state index in [1.165, 1.54) is 11.6 Å². The van der Waals surface area contributed by atoms with Crippen LogP contribution in [0.2, 0.25) is 0 Å². The number of carbonyl (C=O) groups is 1. The number of carbonyl (C=O) groups excluding carboxylic acids is 1. The molecule has 0 aliphatic heterocycles. The number of anilines is 1.